The summed E-state index contributed by atoms with van der Waals surface area (Å²) < 4.78 is 19.1. The highest BCUT2D eigenvalue weighted by Crippen LogP contribution is 2.23. The first-order valence-corrected chi connectivity index (χ1v) is 6.30. The Morgan fingerprint density at radius 2 is 2.00 bits per heavy atom. The lowest BCUT2D eigenvalue weighted by Gasteiger charge is -2.13. The molecule has 0 spiro atoms. The van der Waals surface area contributed by atoms with Crippen LogP contribution >= 0.6 is 0 Å². The van der Waals surface area contributed by atoms with Gasteiger partial charge in [-0.3, -0.25) is 4.98 Å². The van der Waals surface area contributed by atoms with Crippen molar-refractivity contribution in [1.82, 2.24) is 4.98 Å². The first-order valence-electron chi connectivity index (χ1n) is 6.30. The number of nitrogens with zero attached hydrogens (tertiary/aromatic N) is 1. The highest BCUT2D eigenvalue weighted by Gasteiger charge is 2.13. The summed E-state index contributed by atoms with van der Waals surface area (Å²) in [7, 11) is 0. The average molecular weight is 260 g/mol. The number of aromatic nitrogens is 1. The van der Waals surface area contributed by atoms with E-state index in [1.165, 1.54) is 12.4 Å². The summed E-state index contributed by atoms with van der Waals surface area (Å²) >= 11 is 0. The molecule has 2 N–H and O–H groups in total. The zero-order valence-corrected chi connectivity index (χ0v) is 10.8. The van der Waals surface area contributed by atoms with E-state index in [0.29, 0.717) is 12.2 Å². The van der Waals surface area contributed by atoms with Gasteiger partial charge >= 0.3 is 0 Å². The van der Waals surface area contributed by atoms with Crippen LogP contribution in [-0.4, -0.2) is 11.6 Å². The molecule has 0 fully saturated rings. The summed E-state index contributed by atoms with van der Waals surface area (Å²) in [5, 5.41) is 0. The first kappa shape index (κ1) is 13.5. The van der Waals surface area contributed by atoms with E-state index in [9.17, 15) is 4.39 Å². The second-order valence-electron chi connectivity index (χ2n) is 4.29. The molecule has 0 saturated carbocycles. The molecule has 1 unspecified atom stereocenters. The van der Waals surface area contributed by atoms with Crippen molar-refractivity contribution < 1.29 is 9.13 Å². The molecule has 19 heavy (non-hydrogen) atoms. The van der Waals surface area contributed by atoms with E-state index in [2.05, 4.69) is 11.9 Å². The molecule has 0 saturated heterocycles. The Bertz CT molecular complexity index is 528. The summed E-state index contributed by atoms with van der Waals surface area (Å²) in [6.45, 7) is 2.74. The summed E-state index contributed by atoms with van der Waals surface area (Å²) in [5.41, 5.74) is 7.34. The van der Waals surface area contributed by atoms with Crippen LogP contribution in [0.25, 0.3) is 0 Å². The van der Waals surface area contributed by atoms with Crippen molar-refractivity contribution in [3.63, 3.8) is 0 Å². The Labute approximate surface area is 112 Å². The van der Waals surface area contributed by atoms with E-state index >= 15 is 0 Å². The van der Waals surface area contributed by atoms with Gasteiger partial charge in [-0.05, 0) is 30.2 Å². The summed E-state index contributed by atoms with van der Waals surface area (Å²) in [5.74, 6) is 0.411. The Hall–Kier alpha value is -1.94. The van der Waals surface area contributed by atoms with E-state index < -0.39 is 6.04 Å². The fourth-order valence-electron chi connectivity index (χ4n) is 1.81. The van der Waals surface area contributed by atoms with E-state index in [4.69, 9.17) is 10.5 Å². The van der Waals surface area contributed by atoms with E-state index in [0.717, 1.165) is 17.7 Å². The van der Waals surface area contributed by atoms with Gasteiger partial charge in [-0.1, -0.05) is 19.1 Å². The van der Waals surface area contributed by atoms with Crippen molar-refractivity contribution in [2.24, 2.45) is 5.73 Å². The number of hydrogen-bond acceptors (Lipinski definition) is 3. The lowest BCUT2D eigenvalue weighted by Crippen LogP contribution is -2.13. The van der Waals surface area contributed by atoms with Crippen molar-refractivity contribution >= 4 is 0 Å². The number of halogens is 1. The van der Waals surface area contributed by atoms with Gasteiger partial charge in [0.15, 0.2) is 0 Å². The fourth-order valence-corrected chi connectivity index (χ4v) is 1.81. The van der Waals surface area contributed by atoms with Crippen molar-refractivity contribution in [3.05, 3.63) is 59.7 Å². The molecule has 100 valence electrons. The van der Waals surface area contributed by atoms with Gasteiger partial charge in [0, 0.05) is 11.8 Å². The quantitative estimate of drug-likeness (QED) is 0.898. The van der Waals surface area contributed by atoms with Crippen molar-refractivity contribution in [3.8, 4) is 5.75 Å². The highest BCUT2D eigenvalue weighted by molar-refractivity contribution is 5.34. The molecule has 1 heterocycles. The zero-order valence-electron chi connectivity index (χ0n) is 10.8. The SMILES string of the molecule is CCCOc1ccc(C(N)c2ccncc2F)cc1. The lowest BCUT2D eigenvalue weighted by atomic mass is 10.0. The molecular weight excluding hydrogens is 243 g/mol. The molecule has 0 aliphatic carbocycles. The third-order valence-corrected chi connectivity index (χ3v) is 2.85. The predicted molar refractivity (Wildman–Crippen MR) is 72.5 cm³/mol. The molecule has 0 aliphatic heterocycles. The maximum absolute atomic E-state index is 13.6. The van der Waals surface area contributed by atoms with Gasteiger partial charge in [0.2, 0.25) is 0 Å². The molecule has 0 bridgehead atoms. The van der Waals surface area contributed by atoms with Crippen LogP contribution < -0.4 is 10.5 Å². The largest absolute Gasteiger partial charge is 0.494 e. The summed E-state index contributed by atoms with van der Waals surface area (Å²) in [4.78, 5) is 3.72. The topological polar surface area (TPSA) is 48.1 Å². The van der Waals surface area contributed by atoms with E-state index in [1.807, 2.05) is 24.3 Å². The first-order chi connectivity index (χ1) is 9.22. The lowest BCUT2D eigenvalue weighted by molar-refractivity contribution is 0.317. The molecule has 3 nitrogen and oxygen atoms in total. The van der Waals surface area contributed by atoms with Crippen LogP contribution in [0.4, 0.5) is 4.39 Å². The van der Waals surface area contributed by atoms with Crippen LogP contribution in [0.2, 0.25) is 0 Å². The highest BCUT2D eigenvalue weighted by atomic mass is 19.1. The Morgan fingerprint density at radius 1 is 1.26 bits per heavy atom. The monoisotopic (exact) mass is 260 g/mol. The second kappa shape index (κ2) is 6.29. The zero-order chi connectivity index (χ0) is 13.7. The molecule has 1 aromatic heterocycles. The molecule has 0 aliphatic rings. The van der Waals surface area contributed by atoms with Gasteiger partial charge in [0.25, 0.3) is 0 Å². The molecule has 0 radical (unpaired) electrons. The van der Waals surface area contributed by atoms with Crippen LogP contribution in [0.15, 0.2) is 42.7 Å². The molecule has 1 aromatic carbocycles. The van der Waals surface area contributed by atoms with Gasteiger partial charge in [0.05, 0.1) is 18.8 Å². The maximum Gasteiger partial charge on any atom is 0.146 e. The number of hydrogen-bond donors (Lipinski definition) is 1. The Kier molecular flexibility index (Phi) is 4.47. The maximum atomic E-state index is 13.6. The van der Waals surface area contributed by atoms with Crippen LogP contribution in [0.3, 0.4) is 0 Å². The minimum absolute atomic E-state index is 0.388. The minimum Gasteiger partial charge on any atom is -0.494 e. The van der Waals surface area contributed by atoms with Gasteiger partial charge in [-0.25, -0.2) is 4.39 Å². The van der Waals surface area contributed by atoms with Gasteiger partial charge < -0.3 is 10.5 Å². The second-order valence-corrected chi connectivity index (χ2v) is 4.29. The summed E-state index contributed by atoms with van der Waals surface area (Å²) in [6.07, 6.45) is 3.68. The fraction of sp³-hybridized carbons (Fsp3) is 0.267. The molecule has 1 atom stereocenters. The average Bonchev–Trinajstić information content (AvgIpc) is 2.45. The number of benzene rings is 1. The van der Waals surface area contributed by atoms with Gasteiger partial charge in [0.1, 0.15) is 11.6 Å². The van der Waals surface area contributed by atoms with E-state index in [1.54, 1.807) is 6.07 Å². The van der Waals surface area contributed by atoms with Crippen LogP contribution in [0.5, 0.6) is 5.75 Å². The third kappa shape index (κ3) is 3.29. The molecule has 2 rings (SSSR count). The van der Waals surface area contributed by atoms with Crippen molar-refractivity contribution in [2.75, 3.05) is 6.61 Å². The molecule has 2 aromatic rings. The number of ether oxygens (including phenoxy) is 1. The predicted octanol–water partition coefficient (Wildman–Crippen LogP) is 3.06. The third-order valence-electron chi connectivity index (χ3n) is 2.85. The van der Waals surface area contributed by atoms with Crippen LogP contribution in [-0.2, 0) is 0 Å². The normalized spacial score (nSPS) is 12.2. The molecule has 4 heteroatoms. The van der Waals surface area contributed by atoms with Gasteiger partial charge in [-0.2, -0.15) is 0 Å². The molecular formula is C15H17FN2O. The Balaban J connectivity index is 2.16. The van der Waals surface area contributed by atoms with Gasteiger partial charge in [-0.15, -0.1) is 0 Å². The van der Waals surface area contributed by atoms with E-state index in [-0.39, 0.29) is 5.82 Å². The standard InChI is InChI=1S/C15H17FN2O/c1-2-9-19-12-5-3-11(4-6-12)15(17)13-7-8-18-10-14(13)16/h3-8,10,15H,2,9,17H2,1H3. The molecule has 0 amide bonds. The number of rotatable bonds is 5. The van der Waals surface area contributed by atoms with Crippen LogP contribution in [0, 0.1) is 5.82 Å². The smallest absolute Gasteiger partial charge is 0.146 e. The number of nitrogens with two attached hydrogens (primary N) is 1. The van der Waals surface area contributed by atoms with Crippen molar-refractivity contribution in [2.45, 2.75) is 19.4 Å². The van der Waals surface area contributed by atoms with Crippen LogP contribution in [0.1, 0.15) is 30.5 Å². The summed E-state index contributed by atoms with van der Waals surface area (Å²) in [6, 6.07) is 8.52. The number of pyridine rings is 1. The minimum atomic E-state index is -0.497. The van der Waals surface area contributed by atoms with Crippen molar-refractivity contribution in [1.29, 1.82) is 0 Å². The Morgan fingerprint density at radius 3 is 2.63 bits per heavy atom.